The van der Waals surface area contributed by atoms with Crippen molar-refractivity contribution in [3.05, 3.63) is 28.8 Å². The van der Waals surface area contributed by atoms with Crippen molar-refractivity contribution in [3.8, 4) is 0 Å². The molecule has 0 unspecified atom stereocenters. The highest BCUT2D eigenvalue weighted by Gasteiger charge is 2.26. The third-order valence-electron chi connectivity index (χ3n) is 4.01. The SMILES string of the molecule is CCC(CC)(CCO)CNC(=O)Nc1c(F)cc(F)cc1Cl. The Hall–Kier alpha value is -1.40. The van der Waals surface area contributed by atoms with Gasteiger partial charge in [-0.15, -0.1) is 0 Å². The molecule has 0 spiro atoms. The first-order chi connectivity index (χ1) is 10.4. The minimum atomic E-state index is -0.937. The molecule has 0 bridgehead atoms. The number of aliphatic hydroxyl groups is 1. The molecule has 0 aliphatic heterocycles. The molecule has 0 heterocycles. The summed E-state index contributed by atoms with van der Waals surface area (Å²) in [5.41, 5.74) is -0.474. The van der Waals surface area contributed by atoms with Crippen LogP contribution in [0.15, 0.2) is 12.1 Å². The Morgan fingerprint density at radius 3 is 2.45 bits per heavy atom. The van der Waals surface area contributed by atoms with Crippen LogP contribution in [0.4, 0.5) is 19.3 Å². The van der Waals surface area contributed by atoms with Gasteiger partial charge >= 0.3 is 6.03 Å². The number of anilines is 1. The van der Waals surface area contributed by atoms with Crippen LogP contribution in [0, 0.1) is 17.0 Å². The Balaban J connectivity index is 2.71. The van der Waals surface area contributed by atoms with Gasteiger partial charge in [-0.1, -0.05) is 25.4 Å². The van der Waals surface area contributed by atoms with E-state index < -0.39 is 17.7 Å². The number of hydrogen-bond acceptors (Lipinski definition) is 2. The van der Waals surface area contributed by atoms with Crippen LogP contribution < -0.4 is 10.6 Å². The van der Waals surface area contributed by atoms with Gasteiger partial charge in [-0.2, -0.15) is 0 Å². The van der Waals surface area contributed by atoms with Crippen LogP contribution >= 0.6 is 11.6 Å². The molecule has 0 saturated carbocycles. The lowest BCUT2D eigenvalue weighted by Crippen LogP contribution is -2.39. The number of carbonyl (C=O) groups is 1. The van der Waals surface area contributed by atoms with Crippen molar-refractivity contribution in [2.24, 2.45) is 5.41 Å². The maximum absolute atomic E-state index is 13.6. The van der Waals surface area contributed by atoms with Crippen LogP contribution in [-0.4, -0.2) is 24.3 Å². The Morgan fingerprint density at radius 1 is 1.32 bits per heavy atom. The fourth-order valence-corrected chi connectivity index (χ4v) is 2.51. The number of rotatable bonds is 7. The van der Waals surface area contributed by atoms with E-state index in [2.05, 4.69) is 10.6 Å². The van der Waals surface area contributed by atoms with Crippen LogP contribution in [0.2, 0.25) is 5.02 Å². The van der Waals surface area contributed by atoms with Crippen molar-refractivity contribution >= 4 is 23.3 Å². The Labute approximate surface area is 133 Å². The van der Waals surface area contributed by atoms with Gasteiger partial charge in [-0.05, 0) is 30.7 Å². The highest BCUT2D eigenvalue weighted by molar-refractivity contribution is 6.33. The van der Waals surface area contributed by atoms with Crippen molar-refractivity contribution in [1.29, 1.82) is 0 Å². The van der Waals surface area contributed by atoms with E-state index >= 15 is 0 Å². The Bertz CT molecular complexity index is 499. The summed E-state index contributed by atoms with van der Waals surface area (Å²) < 4.78 is 26.5. The summed E-state index contributed by atoms with van der Waals surface area (Å²) in [6.07, 6.45) is 2.14. The first-order valence-electron chi connectivity index (χ1n) is 7.17. The highest BCUT2D eigenvalue weighted by atomic mass is 35.5. The molecule has 0 saturated heterocycles. The van der Waals surface area contributed by atoms with Crippen molar-refractivity contribution in [2.45, 2.75) is 33.1 Å². The second-order valence-corrected chi connectivity index (χ2v) is 5.64. The molecule has 0 radical (unpaired) electrons. The minimum absolute atomic E-state index is 0.0311. The lowest BCUT2D eigenvalue weighted by atomic mass is 9.79. The largest absolute Gasteiger partial charge is 0.396 e. The molecule has 1 aromatic rings. The monoisotopic (exact) mass is 334 g/mol. The third kappa shape index (κ3) is 4.81. The quantitative estimate of drug-likeness (QED) is 0.707. The topological polar surface area (TPSA) is 61.4 Å². The maximum atomic E-state index is 13.6. The number of carbonyl (C=O) groups excluding carboxylic acids is 1. The van der Waals surface area contributed by atoms with E-state index in [0.717, 1.165) is 18.9 Å². The fraction of sp³-hybridized carbons (Fsp3) is 0.533. The van der Waals surface area contributed by atoms with Gasteiger partial charge in [0.05, 0.1) is 10.7 Å². The second kappa shape index (κ2) is 8.29. The van der Waals surface area contributed by atoms with Gasteiger partial charge in [-0.25, -0.2) is 13.6 Å². The average molecular weight is 335 g/mol. The van der Waals surface area contributed by atoms with Crippen molar-refractivity contribution in [1.82, 2.24) is 5.32 Å². The van der Waals surface area contributed by atoms with E-state index in [0.29, 0.717) is 19.0 Å². The molecular weight excluding hydrogens is 314 g/mol. The smallest absolute Gasteiger partial charge is 0.319 e. The lowest BCUT2D eigenvalue weighted by Gasteiger charge is -2.31. The van der Waals surface area contributed by atoms with Crippen molar-refractivity contribution in [3.63, 3.8) is 0 Å². The standard InChI is InChI=1S/C15H21ClF2N2O2/c1-3-15(4-2,5-6-21)9-19-14(22)20-13-11(16)7-10(17)8-12(13)18/h7-8,21H,3-6,9H2,1-2H3,(H2,19,20,22). The molecule has 1 aromatic carbocycles. The third-order valence-corrected chi connectivity index (χ3v) is 4.31. The lowest BCUT2D eigenvalue weighted by molar-refractivity contribution is 0.165. The van der Waals surface area contributed by atoms with Crippen LogP contribution in [0.3, 0.4) is 0 Å². The number of halogens is 3. The zero-order valence-corrected chi connectivity index (χ0v) is 13.4. The van der Waals surface area contributed by atoms with E-state index in [4.69, 9.17) is 16.7 Å². The molecule has 0 atom stereocenters. The van der Waals surface area contributed by atoms with Crippen LogP contribution in [0.1, 0.15) is 33.1 Å². The average Bonchev–Trinajstić information content (AvgIpc) is 2.47. The summed E-state index contributed by atoms with van der Waals surface area (Å²) in [6.45, 7) is 4.33. The molecule has 4 nitrogen and oxygen atoms in total. The summed E-state index contributed by atoms with van der Waals surface area (Å²) in [5, 5.41) is 13.9. The molecule has 1 rings (SSSR count). The summed E-state index contributed by atoms with van der Waals surface area (Å²) in [5.74, 6) is -1.75. The number of aliphatic hydroxyl groups excluding tert-OH is 1. The van der Waals surface area contributed by atoms with Gasteiger partial charge in [0.2, 0.25) is 0 Å². The van der Waals surface area contributed by atoms with Crippen LogP contribution in [0.5, 0.6) is 0 Å². The van der Waals surface area contributed by atoms with Gasteiger partial charge in [0, 0.05) is 19.2 Å². The molecule has 0 aliphatic rings. The normalized spacial score (nSPS) is 11.4. The molecular formula is C15H21ClF2N2O2. The van der Waals surface area contributed by atoms with Crippen molar-refractivity contribution < 1.29 is 18.7 Å². The number of hydrogen-bond donors (Lipinski definition) is 3. The molecule has 2 amide bonds. The molecule has 3 N–H and O–H groups in total. The predicted octanol–water partition coefficient (Wildman–Crippen LogP) is 3.93. The van der Waals surface area contributed by atoms with E-state index in [-0.39, 0.29) is 22.7 Å². The Morgan fingerprint density at radius 2 is 1.95 bits per heavy atom. The van der Waals surface area contributed by atoms with E-state index in [1.807, 2.05) is 13.8 Å². The first kappa shape index (κ1) is 18.6. The number of amides is 2. The molecule has 22 heavy (non-hydrogen) atoms. The Kier molecular flexibility index (Phi) is 7.03. The van der Waals surface area contributed by atoms with Gasteiger partial charge < -0.3 is 15.7 Å². The van der Waals surface area contributed by atoms with Gasteiger partial charge in [0.1, 0.15) is 5.82 Å². The summed E-state index contributed by atoms with van der Waals surface area (Å²) in [6, 6.07) is 0.945. The minimum Gasteiger partial charge on any atom is -0.396 e. The highest BCUT2D eigenvalue weighted by Crippen LogP contribution is 2.30. The zero-order valence-electron chi connectivity index (χ0n) is 12.7. The summed E-state index contributed by atoms with van der Waals surface area (Å²) in [4.78, 5) is 11.9. The van der Waals surface area contributed by atoms with Crippen LogP contribution in [0.25, 0.3) is 0 Å². The van der Waals surface area contributed by atoms with E-state index in [9.17, 15) is 13.6 Å². The first-order valence-corrected chi connectivity index (χ1v) is 7.55. The number of benzene rings is 1. The summed E-state index contributed by atoms with van der Waals surface area (Å²) >= 11 is 5.72. The molecule has 0 aliphatic carbocycles. The molecule has 7 heteroatoms. The van der Waals surface area contributed by atoms with E-state index in [1.54, 1.807) is 0 Å². The van der Waals surface area contributed by atoms with Crippen LogP contribution in [-0.2, 0) is 0 Å². The molecule has 0 fully saturated rings. The van der Waals surface area contributed by atoms with E-state index in [1.165, 1.54) is 0 Å². The van der Waals surface area contributed by atoms with Gasteiger partial charge in [0.25, 0.3) is 0 Å². The second-order valence-electron chi connectivity index (χ2n) is 5.23. The molecule has 124 valence electrons. The zero-order chi connectivity index (χ0) is 16.8. The maximum Gasteiger partial charge on any atom is 0.319 e. The molecule has 0 aromatic heterocycles. The fourth-order valence-electron chi connectivity index (χ4n) is 2.27. The van der Waals surface area contributed by atoms with Crippen molar-refractivity contribution in [2.75, 3.05) is 18.5 Å². The van der Waals surface area contributed by atoms with Gasteiger partial charge in [-0.3, -0.25) is 0 Å². The number of urea groups is 1. The predicted molar refractivity (Wildman–Crippen MR) is 83.1 cm³/mol. The summed E-state index contributed by atoms with van der Waals surface area (Å²) in [7, 11) is 0. The van der Waals surface area contributed by atoms with Gasteiger partial charge in [0.15, 0.2) is 5.82 Å². The number of nitrogens with one attached hydrogen (secondary N) is 2.